The molecule has 6 aliphatic rings. The molecule has 0 aliphatic heterocycles. The molecular weight excluding hydrogens is 586 g/mol. The van der Waals surface area contributed by atoms with Crippen molar-refractivity contribution in [2.45, 2.75) is 151 Å². The standard InChI is InChI=1S/C41H65NO5/c1-26(2)28-14-17-40(24-42-25-43)20-19-38(8)29(34(28)40)12-13-31-37(7)18-21-41(27-10-11-27,36(5,6)30(37)15-16-39(31,38)9)47-33(46)23-35(3,4)22-32(44)45/h25,27-31,34H,1,10-24H2,2-9H3,(H,42,43)(H,44,45)/t28-,29+,30-,31?,34+,37-,38+,39+,40+,41+/m0/s1. The van der Waals surface area contributed by atoms with Gasteiger partial charge in [0.05, 0.1) is 12.8 Å². The van der Waals surface area contributed by atoms with Crippen LogP contribution in [0, 0.1) is 68.0 Å². The minimum Gasteiger partial charge on any atom is -0.481 e. The summed E-state index contributed by atoms with van der Waals surface area (Å²) in [6.07, 6.45) is 15.0. The Kier molecular flexibility index (Phi) is 8.44. The van der Waals surface area contributed by atoms with Crippen LogP contribution in [-0.4, -0.2) is 35.6 Å². The second-order valence-electron chi connectivity index (χ2n) is 19.8. The van der Waals surface area contributed by atoms with Crippen LogP contribution in [0.25, 0.3) is 0 Å². The highest BCUT2D eigenvalue weighted by molar-refractivity contribution is 5.73. The highest BCUT2D eigenvalue weighted by atomic mass is 16.6. The molecule has 0 aromatic carbocycles. The summed E-state index contributed by atoms with van der Waals surface area (Å²) in [5.41, 5.74) is 0.915. The predicted molar refractivity (Wildman–Crippen MR) is 185 cm³/mol. The number of nitrogens with one attached hydrogen (secondary N) is 1. The van der Waals surface area contributed by atoms with Crippen molar-refractivity contribution in [2.75, 3.05) is 6.54 Å². The minimum absolute atomic E-state index is 0.0364. The van der Waals surface area contributed by atoms with E-state index in [1.54, 1.807) is 0 Å². The summed E-state index contributed by atoms with van der Waals surface area (Å²) in [5, 5.41) is 12.6. The smallest absolute Gasteiger partial charge is 0.306 e. The van der Waals surface area contributed by atoms with Gasteiger partial charge < -0.3 is 15.2 Å². The van der Waals surface area contributed by atoms with E-state index in [1.165, 1.54) is 56.9 Å². The molecule has 0 aromatic heterocycles. The SMILES string of the molecule is C=C(C)[C@@H]1CC[C@]2(CNC=O)CC[C@]3(C)[C@H](CCC4[C@@]5(C)CC[C@@](OC(=O)CC(C)(C)CC(=O)O)(C6CC6)C(C)(C)[C@@H]5CC[C@]43C)[C@@H]12. The molecule has 0 aromatic rings. The summed E-state index contributed by atoms with van der Waals surface area (Å²) in [7, 11) is 0. The average Bonchev–Trinajstić information content (AvgIpc) is 3.73. The van der Waals surface area contributed by atoms with E-state index in [2.05, 4.69) is 53.4 Å². The molecule has 0 heterocycles. The number of fused-ring (bicyclic) bond motifs is 7. The Bertz CT molecular complexity index is 1300. The first-order valence-electron chi connectivity index (χ1n) is 19.1. The molecule has 6 saturated carbocycles. The van der Waals surface area contributed by atoms with Crippen molar-refractivity contribution in [1.82, 2.24) is 5.32 Å². The number of allylic oxidation sites excluding steroid dienone is 1. The third-order valence-electron chi connectivity index (χ3n) is 16.8. The van der Waals surface area contributed by atoms with Gasteiger partial charge in [0, 0.05) is 12.0 Å². The lowest BCUT2D eigenvalue weighted by Gasteiger charge is -2.74. The zero-order valence-corrected chi connectivity index (χ0v) is 30.9. The van der Waals surface area contributed by atoms with Crippen LogP contribution in [0.5, 0.6) is 0 Å². The molecule has 6 heteroatoms. The van der Waals surface area contributed by atoms with E-state index in [9.17, 15) is 19.5 Å². The van der Waals surface area contributed by atoms with Crippen LogP contribution in [0.2, 0.25) is 0 Å². The maximum atomic E-state index is 13.7. The van der Waals surface area contributed by atoms with E-state index in [1.807, 2.05) is 13.8 Å². The fraction of sp³-hybridized carbons (Fsp3) is 0.878. The molecule has 6 rings (SSSR count). The second kappa shape index (κ2) is 11.3. The summed E-state index contributed by atoms with van der Waals surface area (Å²) in [5.74, 6) is 2.19. The number of rotatable bonds is 10. The lowest BCUT2D eigenvalue weighted by atomic mass is 9.31. The van der Waals surface area contributed by atoms with Crippen LogP contribution < -0.4 is 5.32 Å². The number of amides is 1. The maximum Gasteiger partial charge on any atom is 0.306 e. The van der Waals surface area contributed by atoms with Crippen LogP contribution in [0.1, 0.15) is 145 Å². The Hall–Kier alpha value is -1.85. The van der Waals surface area contributed by atoms with Crippen LogP contribution >= 0.6 is 0 Å². The number of carboxylic acids is 1. The van der Waals surface area contributed by atoms with Gasteiger partial charge in [0.2, 0.25) is 6.41 Å². The van der Waals surface area contributed by atoms with Gasteiger partial charge in [0.15, 0.2) is 0 Å². The molecule has 10 atom stereocenters. The van der Waals surface area contributed by atoms with Gasteiger partial charge in [-0.2, -0.15) is 0 Å². The number of carbonyl (C=O) groups excluding carboxylic acids is 2. The van der Waals surface area contributed by atoms with Crippen LogP contribution in [0.4, 0.5) is 0 Å². The van der Waals surface area contributed by atoms with Gasteiger partial charge >= 0.3 is 11.9 Å². The van der Waals surface area contributed by atoms with Crippen molar-refractivity contribution in [2.24, 2.45) is 68.0 Å². The number of ether oxygens (including phenoxy) is 1. The lowest BCUT2D eigenvalue weighted by Crippen LogP contribution is -2.69. The average molecular weight is 652 g/mol. The number of aliphatic carboxylic acids is 1. The quantitative estimate of drug-likeness (QED) is 0.140. The fourth-order valence-corrected chi connectivity index (χ4v) is 14.5. The summed E-state index contributed by atoms with van der Waals surface area (Å²) in [6, 6.07) is 0. The van der Waals surface area contributed by atoms with Crippen molar-refractivity contribution < 1.29 is 24.2 Å². The molecule has 6 aliphatic carbocycles. The number of hydrogen-bond donors (Lipinski definition) is 2. The third kappa shape index (κ3) is 5.09. The Balaban J connectivity index is 1.30. The minimum atomic E-state index is -0.869. The molecule has 6 fully saturated rings. The van der Waals surface area contributed by atoms with Gasteiger partial charge in [-0.25, -0.2) is 0 Å². The summed E-state index contributed by atoms with van der Waals surface area (Å²) >= 11 is 0. The Morgan fingerprint density at radius 2 is 1.57 bits per heavy atom. The summed E-state index contributed by atoms with van der Waals surface area (Å²) < 4.78 is 6.75. The van der Waals surface area contributed by atoms with E-state index in [0.29, 0.717) is 35.5 Å². The highest BCUT2D eigenvalue weighted by Gasteiger charge is 2.74. The lowest BCUT2D eigenvalue weighted by molar-refractivity contribution is -0.273. The maximum absolute atomic E-state index is 13.7. The van der Waals surface area contributed by atoms with Crippen molar-refractivity contribution >= 4 is 18.3 Å². The van der Waals surface area contributed by atoms with Gasteiger partial charge in [-0.05, 0) is 147 Å². The zero-order valence-electron chi connectivity index (χ0n) is 30.9. The zero-order chi connectivity index (χ0) is 34.4. The van der Waals surface area contributed by atoms with Gasteiger partial charge in [0.1, 0.15) is 5.60 Å². The van der Waals surface area contributed by atoms with Crippen molar-refractivity contribution in [1.29, 1.82) is 0 Å². The highest BCUT2D eigenvalue weighted by Crippen LogP contribution is 2.79. The van der Waals surface area contributed by atoms with Gasteiger partial charge in [-0.1, -0.05) is 60.6 Å². The van der Waals surface area contributed by atoms with Crippen molar-refractivity contribution in [3.8, 4) is 0 Å². The van der Waals surface area contributed by atoms with E-state index in [4.69, 9.17) is 4.74 Å². The number of carboxylic acid groups (broad SMARTS) is 1. The molecule has 1 unspecified atom stereocenters. The first-order valence-corrected chi connectivity index (χ1v) is 19.1. The molecular formula is C41H65NO5. The molecule has 1 amide bonds. The number of hydrogen-bond acceptors (Lipinski definition) is 4. The Morgan fingerprint density at radius 3 is 2.19 bits per heavy atom. The monoisotopic (exact) mass is 651 g/mol. The first-order chi connectivity index (χ1) is 21.8. The number of esters is 1. The Morgan fingerprint density at radius 1 is 0.872 bits per heavy atom. The van der Waals surface area contributed by atoms with Crippen LogP contribution in [-0.2, 0) is 19.1 Å². The normalized spacial score (nSPS) is 45.4. The molecule has 0 spiro atoms. The van der Waals surface area contributed by atoms with Gasteiger partial charge in [-0.3, -0.25) is 14.4 Å². The van der Waals surface area contributed by atoms with Crippen molar-refractivity contribution in [3.63, 3.8) is 0 Å². The van der Waals surface area contributed by atoms with E-state index in [0.717, 1.165) is 38.6 Å². The molecule has 0 bridgehead atoms. The van der Waals surface area contributed by atoms with E-state index < -0.39 is 17.0 Å². The second-order valence-corrected chi connectivity index (χ2v) is 19.8. The largest absolute Gasteiger partial charge is 0.481 e. The molecule has 0 saturated heterocycles. The van der Waals surface area contributed by atoms with E-state index in [-0.39, 0.29) is 45.9 Å². The van der Waals surface area contributed by atoms with Crippen molar-refractivity contribution in [3.05, 3.63) is 12.2 Å². The van der Waals surface area contributed by atoms with Gasteiger partial charge in [0.25, 0.3) is 0 Å². The topological polar surface area (TPSA) is 92.7 Å². The van der Waals surface area contributed by atoms with E-state index >= 15 is 0 Å². The molecule has 47 heavy (non-hydrogen) atoms. The molecule has 0 radical (unpaired) electrons. The fourth-order valence-electron chi connectivity index (χ4n) is 14.5. The third-order valence-corrected chi connectivity index (χ3v) is 16.8. The summed E-state index contributed by atoms with van der Waals surface area (Å²) in [6.45, 7) is 24.1. The molecule has 264 valence electrons. The molecule has 6 nitrogen and oxygen atoms in total. The summed E-state index contributed by atoms with van der Waals surface area (Å²) in [4.78, 5) is 36.7. The first kappa shape index (κ1) is 35.0. The number of carbonyl (C=O) groups is 3. The van der Waals surface area contributed by atoms with Crippen LogP contribution in [0.3, 0.4) is 0 Å². The molecule has 2 N–H and O–H groups in total. The predicted octanol–water partition coefficient (Wildman–Crippen LogP) is 8.97. The Labute approximate surface area is 285 Å². The van der Waals surface area contributed by atoms with Crippen LogP contribution in [0.15, 0.2) is 12.2 Å². The van der Waals surface area contributed by atoms with Gasteiger partial charge in [-0.15, -0.1) is 0 Å².